The number of pyridine rings is 2. The van der Waals surface area contributed by atoms with Gasteiger partial charge in [0.25, 0.3) is 0 Å². The minimum atomic E-state index is -3.75. The van der Waals surface area contributed by atoms with Crippen molar-refractivity contribution in [1.82, 2.24) is 14.7 Å². The highest BCUT2D eigenvalue weighted by Gasteiger charge is 2.18. The number of rotatable bonds is 5. The van der Waals surface area contributed by atoms with Crippen LogP contribution < -0.4 is 15.2 Å². The number of nitrogens with zero attached hydrogens (tertiary/aromatic N) is 2. The molecule has 0 atom stereocenters. The largest absolute Gasteiger partial charge is 0.481 e. The van der Waals surface area contributed by atoms with Gasteiger partial charge in [0, 0.05) is 29.5 Å². The van der Waals surface area contributed by atoms with Crippen molar-refractivity contribution in [1.29, 1.82) is 0 Å². The van der Waals surface area contributed by atoms with E-state index >= 15 is 0 Å². The van der Waals surface area contributed by atoms with Crippen LogP contribution in [0.1, 0.15) is 5.56 Å². The first-order chi connectivity index (χ1) is 9.92. The van der Waals surface area contributed by atoms with Gasteiger partial charge in [0.1, 0.15) is 10.7 Å². The van der Waals surface area contributed by atoms with Crippen molar-refractivity contribution in [2.75, 3.05) is 12.8 Å². The Hall–Kier alpha value is -1.71. The first-order valence-electron chi connectivity index (χ1n) is 5.82. The van der Waals surface area contributed by atoms with Crippen molar-refractivity contribution in [3.63, 3.8) is 0 Å². The van der Waals surface area contributed by atoms with Crippen molar-refractivity contribution in [3.05, 3.63) is 40.6 Å². The van der Waals surface area contributed by atoms with E-state index in [0.29, 0.717) is 15.9 Å². The summed E-state index contributed by atoms with van der Waals surface area (Å²) in [5.74, 6) is 0.403. The Morgan fingerprint density at radius 2 is 2.10 bits per heavy atom. The first-order valence-corrected chi connectivity index (χ1v) is 8.09. The number of sulfonamides is 1. The van der Waals surface area contributed by atoms with Crippen molar-refractivity contribution < 1.29 is 13.2 Å². The number of hydrogen-bond acceptors (Lipinski definition) is 6. The maximum absolute atomic E-state index is 12.2. The summed E-state index contributed by atoms with van der Waals surface area (Å²) in [5.41, 5.74) is 6.30. The van der Waals surface area contributed by atoms with Crippen LogP contribution in [-0.2, 0) is 16.6 Å². The van der Waals surface area contributed by atoms with Crippen molar-refractivity contribution >= 4 is 31.8 Å². The van der Waals surface area contributed by atoms with E-state index in [-0.39, 0.29) is 17.3 Å². The molecule has 9 heteroatoms. The van der Waals surface area contributed by atoms with Gasteiger partial charge in [0.05, 0.1) is 7.11 Å². The lowest BCUT2D eigenvalue weighted by Crippen LogP contribution is -2.24. The summed E-state index contributed by atoms with van der Waals surface area (Å²) >= 11 is 3.17. The lowest BCUT2D eigenvalue weighted by Gasteiger charge is -2.09. The Morgan fingerprint density at radius 1 is 1.33 bits per heavy atom. The van der Waals surface area contributed by atoms with Crippen LogP contribution >= 0.6 is 15.9 Å². The van der Waals surface area contributed by atoms with Crippen molar-refractivity contribution in [2.24, 2.45) is 0 Å². The molecule has 2 aromatic rings. The molecule has 0 aliphatic carbocycles. The summed E-state index contributed by atoms with van der Waals surface area (Å²) in [4.78, 5) is 7.74. The molecule has 2 heterocycles. The van der Waals surface area contributed by atoms with E-state index in [2.05, 4.69) is 30.6 Å². The molecule has 2 aromatic heterocycles. The van der Waals surface area contributed by atoms with Gasteiger partial charge in [-0.2, -0.15) is 0 Å². The molecule has 0 spiro atoms. The number of nitrogens with two attached hydrogens (primary N) is 1. The van der Waals surface area contributed by atoms with Gasteiger partial charge in [-0.3, -0.25) is 0 Å². The van der Waals surface area contributed by atoms with Crippen LogP contribution in [0.15, 0.2) is 40.0 Å². The minimum absolute atomic E-state index is 0.0569. The second-order valence-electron chi connectivity index (χ2n) is 4.07. The Labute approximate surface area is 130 Å². The first kappa shape index (κ1) is 15.7. The maximum atomic E-state index is 12.2. The average molecular weight is 373 g/mol. The fourth-order valence-corrected chi connectivity index (χ4v) is 3.14. The number of aromatic nitrogens is 2. The Kier molecular flexibility index (Phi) is 4.76. The third-order valence-electron chi connectivity index (χ3n) is 2.61. The van der Waals surface area contributed by atoms with Gasteiger partial charge < -0.3 is 10.5 Å². The van der Waals surface area contributed by atoms with Gasteiger partial charge in [-0.15, -0.1) is 0 Å². The fraction of sp³-hybridized carbons (Fsp3) is 0.167. The van der Waals surface area contributed by atoms with Crippen LogP contribution in [0.5, 0.6) is 5.88 Å². The molecule has 0 fully saturated rings. The molecule has 21 heavy (non-hydrogen) atoms. The number of hydrogen-bond donors (Lipinski definition) is 2. The summed E-state index contributed by atoms with van der Waals surface area (Å²) in [6.45, 7) is 0.0886. The van der Waals surface area contributed by atoms with Crippen LogP contribution in [0.2, 0.25) is 0 Å². The summed E-state index contributed by atoms with van der Waals surface area (Å²) in [7, 11) is -2.25. The van der Waals surface area contributed by atoms with E-state index in [4.69, 9.17) is 10.5 Å². The predicted molar refractivity (Wildman–Crippen MR) is 81.2 cm³/mol. The van der Waals surface area contributed by atoms with E-state index in [1.165, 1.54) is 25.6 Å². The summed E-state index contributed by atoms with van der Waals surface area (Å²) in [6.07, 6.45) is 2.96. The van der Waals surface area contributed by atoms with E-state index in [1.54, 1.807) is 12.1 Å². The van der Waals surface area contributed by atoms with Crippen molar-refractivity contribution in [2.45, 2.75) is 11.4 Å². The standard InChI is InChI=1S/C12H13BrN4O3S/c1-20-11-3-2-8(5-15-11)6-17-21(18,19)10-4-9(13)7-16-12(10)14/h2-5,7,17H,6H2,1H3,(H2,14,16). The van der Waals surface area contributed by atoms with E-state index in [0.717, 1.165) is 0 Å². The second-order valence-corrected chi connectivity index (χ2v) is 6.72. The SMILES string of the molecule is COc1ccc(CNS(=O)(=O)c2cc(Br)cnc2N)cn1. The molecule has 0 saturated carbocycles. The number of halogens is 1. The van der Waals surface area contributed by atoms with Crippen LogP contribution in [0.4, 0.5) is 5.82 Å². The van der Waals surface area contributed by atoms with Crippen LogP contribution in [0.3, 0.4) is 0 Å². The third-order valence-corrected chi connectivity index (χ3v) is 4.48. The van der Waals surface area contributed by atoms with Crippen LogP contribution in [0.25, 0.3) is 0 Å². The second kappa shape index (κ2) is 6.37. The Bertz CT molecular complexity index is 735. The Balaban J connectivity index is 2.15. The molecular weight excluding hydrogens is 360 g/mol. The predicted octanol–water partition coefficient (Wildman–Crippen LogP) is 1.31. The third kappa shape index (κ3) is 3.90. The van der Waals surface area contributed by atoms with Gasteiger partial charge in [0.15, 0.2) is 0 Å². The molecule has 0 saturated heterocycles. The molecule has 0 aliphatic heterocycles. The topological polar surface area (TPSA) is 107 Å². The highest BCUT2D eigenvalue weighted by atomic mass is 79.9. The van der Waals surface area contributed by atoms with Crippen LogP contribution in [0, 0.1) is 0 Å². The van der Waals surface area contributed by atoms with Gasteiger partial charge in [0.2, 0.25) is 15.9 Å². The molecule has 0 bridgehead atoms. The molecule has 2 rings (SSSR count). The zero-order valence-electron chi connectivity index (χ0n) is 11.1. The lowest BCUT2D eigenvalue weighted by molar-refractivity contribution is 0.397. The molecule has 0 radical (unpaired) electrons. The van der Waals surface area contributed by atoms with E-state index < -0.39 is 10.0 Å². The van der Waals surface area contributed by atoms with Gasteiger partial charge in [-0.1, -0.05) is 6.07 Å². The molecule has 0 unspecified atom stereocenters. The molecule has 0 aromatic carbocycles. The molecule has 3 N–H and O–H groups in total. The molecule has 0 amide bonds. The number of ether oxygens (including phenoxy) is 1. The summed E-state index contributed by atoms with van der Waals surface area (Å²) < 4.78 is 32.3. The summed E-state index contributed by atoms with van der Waals surface area (Å²) in [5, 5.41) is 0. The molecular formula is C12H13BrN4O3S. The van der Waals surface area contributed by atoms with Gasteiger partial charge >= 0.3 is 0 Å². The molecule has 112 valence electrons. The normalized spacial score (nSPS) is 11.3. The average Bonchev–Trinajstić information content (AvgIpc) is 2.48. The Morgan fingerprint density at radius 3 is 2.71 bits per heavy atom. The van der Waals surface area contributed by atoms with Crippen LogP contribution in [-0.4, -0.2) is 25.5 Å². The zero-order chi connectivity index (χ0) is 15.5. The van der Waals surface area contributed by atoms with Gasteiger partial charge in [-0.25, -0.2) is 23.1 Å². The van der Waals surface area contributed by atoms with Gasteiger partial charge in [-0.05, 0) is 27.6 Å². The lowest BCUT2D eigenvalue weighted by atomic mass is 10.3. The highest BCUT2D eigenvalue weighted by Crippen LogP contribution is 2.20. The quantitative estimate of drug-likeness (QED) is 0.818. The monoisotopic (exact) mass is 372 g/mol. The number of methoxy groups -OCH3 is 1. The van der Waals surface area contributed by atoms with Crippen molar-refractivity contribution in [3.8, 4) is 5.88 Å². The minimum Gasteiger partial charge on any atom is -0.481 e. The number of nitrogen functional groups attached to an aromatic ring is 1. The number of nitrogens with one attached hydrogen (secondary N) is 1. The maximum Gasteiger partial charge on any atom is 0.244 e. The fourth-order valence-electron chi connectivity index (χ4n) is 1.54. The summed E-state index contributed by atoms with van der Waals surface area (Å²) in [6, 6.07) is 4.77. The van der Waals surface area contributed by atoms with E-state index in [9.17, 15) is 8.42 Å². The number of anilines is 1. The van der Waals surface area contributed by atoms with E-state index in [1.807, 2.05) is 0 Å². The molecule has 0 aliphatic rings. The zero-order valence-corrected chi connectivity index (χ0v) is 13.5. The molecule has 7 nitrogen and oxygen atoms in total. The smallest absolute Gasteiger partial charge is 0.244 e. The highest BCUT2D eigenvalue weighted by molar-refractivity contribution is 9.10.